The second kappa shape index (κ2) is 9.19. The molecular weight excluding hydrogens is 556 g/mol. The van der Waals surface area contributed by atoms with Gasteiger partial charge in [0.2, 0.25) is 0 Å². The minimum Gasteiger partial charge on any atom is -0.456 e. The van der Waals surface area contributed by atoms with E-state index in [4.69, 9.17) is 4.42 Å². The normalized spacial score (nSPS) is 13.6. The van der Waals surface area contributed by atoms with Crippen molar-refractivity contribution >= 4 is 54.3 Å². The van der Waals surface area contributed by atoms with Crippen molar-refractivity contribution in [3.05, 3.63) is 157 Å². The fraction of sp³-hybridized carbons (Fsp3) is 0.0667. The van der Waals surface area contributed by atoms with Crippen LogP contribution in [0, 0.1) is 0 Å². The van der Waals surface area contributed by atoms with Gasteiger partial charge in [-0.05, 0) is 113 Å². The van der Waals surface area contributed by atoms with Gasteiger partial charge in [-0.25, -0.2) is 0 Å². The highest BCUT2D eigenvalue weighted by Gasteiger charge is 2.36. The monoisotopic (exact) mass is 586 g/mol. The summed E-state index contributed by atoms with van der Waals surface area (Å²) in [5.74, 6) is 0. The third-order valence-electron chi connectivity index (χ3n) is 10.4. The minimum atomic E-state index is -0.0584. The van der Waals surface area contributed by atoms with Gasteiger partial charge in [0.15, 0.2) is 0 Å². The maximum absolute atomic E-state index is 6.20. The van der Waals surface area contributed by atoms with Gasteiger partial charge in [0.25, 0.3) is 0 Å². The molecule has 0 radical (unpaired) electrons. The first-order valence-electron chi connectivity index (χ1n) is 16.1. The number of hydrogen-bond acceptors (Lipinski definition) is 1. The molecular formula is C45H30O. The molecule has 0 spiro atoms. The molecule has 0 saturated carbocycles. The summed E-state index contributed by atoms with van der Waals surface area (Å²) in [7, 11) is 0. The first-order valence-corrected chi connectivity index (χ1v) is 16.1. The van der Waals surface area contributed by atoms with Crippen LogP contribution < -0.4 is 0 Å². The van der Waals surface area contributed by atoms with Gasteiger partial charge in [0, 0.05) is 16.2 Å². The van der Waals surface area contributed by atoms with Crippen LogP contribution >= 0.6 is 0 Å². The molecule has 0 saturated heterocycles. The third kappa shape index (κ3) is 3.46. The molecule has 0 fully saturated rings. The Bertz CT molecular complexity index is 2660. The van der Waals surface area contributed by atoms with E-state index >= 15 is 0 Å². The van der Waals surface area contributed by atoms with E-state index in [1.165, 1.54) is 76.8 Å². The molecule has 1 nitrogen and oxygen atoms in total. The fourth-order valence-corrected chi connectivity index (χ4v) is 8.22. The van der Waals surface area contributed by atoms with Gasteiger partial charge in [0.1, 0.15) is 11.2 Å². The number of rotatable bonds is 2. The topological polar surface area (TPSA) is 13.1 Å². The minimum absolute atomic E-state index is 0.0584. The van der Waals surface area contributed by atoms with Crippen molar-refractivity contribution in [3.63, 3.8) is 0 Å². The van der Waals surface area contributed by atoms with Crippen molar-refractivity contribution in [3.8, 4) is 33.4 Å². The van der Waals surface area contributed by atoms with Gasteiger partial charge in [-0.3, -0.25) is 0 Å². The van der Waals surface area contributed by atoms with E-state index in [9.17, 15) is 0 Å². The average molecular weight is 587 g/mol. The van der Waals surface area contributed by atoms with Gasteiger partial charge in [-0.15, -0.1) is 0 Å². The van der Waals surface area contributed by atoms with Crippen molar-refractivity contribution in [1.29, 1.82) is 0 Å². The molecule has 0 N–H and O–H groups in total. The third-order valence-corrected chi connectivity index (χ3v) is 10.4. The van der Waals surface area contributed by atoms with Crippen LogP contribution in [0.25, 0.3) is 87.6 Å². The van der Waals surface area contributed by atoms with Crippen LogP contribution in [0.2, 0.25) is 0 Å². The zero-order valence-electron chi connectivity index (χ0n) is 25.8. The van der Waals surface area contributed by atoms with Crippen LogP contribution in [-0.4, -0.2) is 0 Å². The lowest BCUT2D eigenvalue weighted by molar-refractivity contribution is 0.661. The Morgan fingerprint density at radius 2 is 0.891 bits per heavy atom. The smallest absolute Gasteiger partial charge is 0.135 e. The van der Waals surface area contributed by atoms with Gasteiger partial charge in [-0.2, -0.15) is 0 Å². The Morgan fingerprint density at radius 1 is 0.391 bits per heavy atom. The standard InChI is InChI=1S/C45H30O/c1-45(2)39-21-19-29(24-36(39)37-23-27-11-3-4-12-28(27)26-40(37)45)43-32-14-5-7-16-34(32)44(35-17-8-6-15-33(35)43)30-20-22-42-38(25-30)31-13-9-10-18-41(31)46-42/h3-26H,1-2H3. The molecule has 46 heavy (non-hydrogen) atoms. The predicted molar refractivity (Wildman–Crippen MR) is 195 cm³/mol. The molecule has 216 valence electrons. The molecule has 1 heterocycles. The molecule has 9 aromatic rings. The predicted octanol–water partition coefficient (Wildman–Crippen LogP) is 12.7. The molecule has 0 amide bonds. The number of fused-ring (bicyclic) bond motifs is 9. The van der Waals surface area contributed by atoms with Crippen molar-refractivity contribution in [2.45, 2.75) is 19.3 Å². The maximum atomic E-state index is 6.20. The van der Waals surface area contributed by atoms with E-state index in [1.54, 1.807) is 0 Å². The Hall–Kier alpha value is -5.66. The molecule has 10 rings (SSSR count). The lowest BCUT2D eigenvalue weighted by Gasteiger charge is -2.22. The van der Waals surface area contributed by atoms with E-state index < -0.39 is 0 Å². The van der Waals surface area contributed by atoms with Crippen molar-refractivity contribution < 1.29 is 4.42 Å². The van der Waals surface area contributed by atoms with Gasteiger partial charge >= 0.3 is 0 Å². The molecule has 0 bridgehead atoms. The summed E-state index contributed by atoms with van der Waals surface area (Å²) in [4.78, 5) is 0. The van der Waals surface area contributed by atoms with Crippen LogP contribution in [0.3, 0.4) is 0 Å². The van der Waals surface area contributed by atoms with Gasteiger partial charge in [0.05, 0.1) is 0 Å². The van der Waals surface area contributed by atoms with E-state index in [-0.39, 0.29) is 5.41 Å². The largest absolute Gasteiger partial charge is 0.456 e. The first-order chi connectivity index (χ1) is 22.6. The van der Waals surface area contributed by atoms with E-state index in [2.05, 4.69) is 147 Å². The summed E-state index contributed by atoms with van der Waals surface area (Å²) in [6.07, 6.45) is 0. The molecule has 0 atom stereocenters. The van der Waals surface area contributed by atoms with Crippen LogP contribution in [0.4, 0.5) is 0 Å². The zero-order chi connectivity index (χ0) is 30.6. The van der Waals surface area contributed by atoms with Crippen LogP contribution in [0.5, 0.6) is 0 Å². The molecule has 8 aromatic carbocycles. The van der Waals surface area contributed by atoms with E-state index in [0.717, 1.165) is 21.9 Å². The highest BCUT2D eigenvalue weighted by molar-refractivity contribution is 6.22. The summed E-state index contributed by atoms with van der Waals surface area (Å²) in [6, 6.07) is 53.6. The molecule has 1 heteroatoms. The van der Waals surface area contributed by atoms with E-state index in [1.807, 2.05) is 12.1 Å². The van der Waals surface area contributed by atoms with Crippen molar-refractivity contribution in [2.75, 3.05) is 0 Å². The molecule has 1 aliphatic rings. The van der Waals surface area contributed by atoms with Gasteiger partial charge < -0.3 is 4.42 Å². The lowest BCUT2D eigenvalue weighted by Crippen LogP contribution is -2.14. The SMILES string of the molecule is CC1(C)c2ccc(-c3c4ccccc4c(-c4ccc5oc6ccccc6c5c4)c4ccccc34)cc2-c2cc3ccccc3cc21. The second-order valence-corrected chi connectivity index (χ2v) is 13.3. The summed E-state index contributed by atoms with van der Waals surface area (Å²) < 4.78 is 6.20. The molecule has 0 unspecified atom stereocenters. The van der Waals surface area contributed by atoms with Crippen LogP contribution in [-0.2, 0) is 5.41 Å². The first kappa shape index (κ1) is 25.6. The highest BCUT2D eigenvalue weighted by Crippen LogP contribution is 2.52. The fourth-order valence-electron chi connectivity index (χ4n) is 8.22. The Kier molecular flexibility index (Phi) is 5.12. The Balaban J connectivity index is 1.25. The second-order valence-electron chi connectivity index (χ2n) is 13.3. The summed E-state index contributed by atoms with van der Waals surface area (Å²) in [5, 5.41) is 9.95. The number of hydrogen-bond donors (Lipinski definition) is 0. The van der Waals surface area contributed by atoms with Crippen molar-refractivity contribution in [2.24, 2.45) is 0 Å². The molecule has 0 aliphatic heterocycles. The summed E-state index contributed by atoms with van der Waals surface area (Å²) in [6.45, 7) is 4.73. The van der Waals surface area contributed by atoms with Gasteiger partial charge in [-0.1, -0.05) is 123 Å². The Morgan fingerprint density at radius 3 is 1.57 bits per heavy atom. The lowest BCUT2D eigenvalue weighted by atomic mass is 9.81. The maximum Gasteiger partial charge on any atom is 0.135 e. The van der Waals surface area contributed by atoms with Crippen LogP contribution in [0.15, 0.2) is 150 Å². The number of furan rings is 1. The number of para-hydroxylation sites is 1. The quantitative estimate of drug-likeness (QED) is 0.184. The summed E-state index contributed by atoms with van der Waals surface area (Å²) >= 11 is 0. The molecule has 1 aliphatic carbocycles. The average Bonchev–Trinajstić information content (AvgIpc) is 3.57. The summed E-state index contributed by atoms with van der Waals surface area (Å²) in [5.41, 5.74) is 12.3. The van der Waals surface area contributed by atoms with Crippen LogP contribution in [0.1, 0.15) is 25.0 Å². The highest BCUT2D eigenvalue weighted by atomic mass is 16.3. The Labute approximate surface area is 267 Å². The number of benzene rings is 8. The molecule has 1 aromatic heterocycles. The van der Waals surface area contributed by atoms with E-state index in [0.29, 0.717) is 0 Å². The zero-order valence-corrected chi connectivity index (χ0v) is 25.8. The van der Waals surface area contributed by atoms with Crippen molar-refractivity contribution in [1.82, 2.24) is 0 Å².